The Bertz CT molecular complexity index is 545. The molecule has 0 aromatic heterocycles. The Morgan fingerprint density at radius 1 is 1.05 bits per heavy atom. The lowest BCUT2D eigenvalue weighted by atomic mass is 10.2. The lowest BCUT2D eigenvalue weighted by Crippen LogP contribution is -2.34. The number of benzene rings is 2. The first kappa shape index (κ1) is 17.0. The second-order valence-corrected chi connectivity index (χ2v) is 6.22. The van der Waals surface area contributed by atoms with Crippen LogP contribution in [0.25, 0.3) is 0 Å². The van der Waals surface area contributed by atoms with Gasteiger partial charge in [0.15, 0.2) is 0 Å². The molecular formula is C18H22BrNO2. The summed E-state index contributed by atoms with van der Waals surface area (Å²) >= 11 is 3.42. The smallest absolute Gasteiger partial charge is 0.119 e. The SMILES string of the molecule is COC(COc1ccc(Br)cc1)CN(C)Cc1ccccc1. The van der Waals surface area contributed by atoms with Crippen LogP contribution in [0.1, 0.15) is 5.56 Å². The normalized spacial score (nSPS) is 12.4. The highest BCUT2D eigenvalue weighted by atomic mass is 79.9. The van der Waals surface area contributed by atoms with Crippen molar-refractivity contribution in [3.63, 3.8) is 0 Å². The number of hydrogen-bond acceptors (Lipinski definition) is 3. The van der Waals surface area contributed by atoms with Crippen LogP contribution in [0.5, 0.6) is 5.75 Å². The second-order valence-electron chi connectivity index (χ2n) is 5.30. The third-order valence-electron chi connectivity index (χ3n) is 3.39. The molecule has 0 aliphatic heterocycles. The van der Waals surface area contributed by atoms with Gasteiger partial charge in [0.2, 0.25) is 0 Å². The van der Waals surface area contributed by atoms with Gasteiger partial charge in [0.05, 0.1) is 0 Å². The van der Waals surface area contributed by atoms with Gasteiger partial charge < -0.3 is 9.47 Å². The molecule has 0 radical (unpaired) electrons. The van der Waals surface area contributed by atoms with Crippen LogP contribution < -0.4 is 4.74 Å². The number of ether oxygens (including phenoxy) is 2. The first-order chi connectivity index (χ1) is 10.7. The van der Waals surface area contributed by atoms with Crippen molar-refractivity contribution in [2.75, 3.05) is 27.3 Å². The highest BCUT2D eigenvalue weighted by Crippen LogP contribution is 2.16. The minimum Gasteiger partial charge on any atom is -0.491 e. The summed E-state index contributed by atoms with van der Waals surface area (Å²) < 4.78 is 12.4. The van der Waals surface area contributed by atoms with Crippen LogP contribution in [-0.4, -0.2) is 38.3 Å². The third kappa shape index (κ3) is 5.79. The van der Waals surface area contributed by atoms with E-state index in [4.69, 9.17) is 9.47 Å². The molecule has 0 amide bonds. The van der Waals surface area contributed by atoms with Gasteiger partial charge >= 0.3 is 0 Å². The number of halogens is 1. The standard InChI is InChI=1S/C18H22BrNO2/c1-20(12-15-6-4-3-5-7-15)13-18(21-2)14-22-17-10-8-16(19)9-11-17/h3-11,18H,12-14H2,1-2H3. The van der Waals surface area contributed by atoms with E-state index in [-0.39, 0.29) is 6.10 Å². The van der Waals surface area contributed by atoms with E-state index in [2.05, 4.69) is 52.1 Å². The van der Waals surface area contributed by atoms with Gasteiger partial charge in [-0.1, -0.05) is 46.3 Å². The van der Waals surface area contributed by atoms with Crippen LogP contribution in [-0.2, 0) is 11.3 Å². The van der Waals surface area contributed by atoms with E-state index in [1.54, 1.807) is 7.11 Å². The molecule has 0 N–H and O–H groups in total. The van der Waals surface area contributed by atoms with Crippen LogP contribution in [0.3, 0.4) is 0 Å². The van der Waals surface area contributed by atoms with Gasteiger partial charge in [0, 0.05) is 24.7 Å². The Balaban J connectivity index is 1.79. The van der Waals surface area contributed by atoms with Gasteiger partial charge in [-0.25, -0.2) is 0 Å². The molecule has 0 aliphatic rings. The van der Waals surface area contributed by atoms with E-state index >= 15 is 0 Å². The van der Waals surface area contributed by atoms with E-state index in [0.29, 0.717) is 6.61 Å². The predicted octanol–water partition coefficient (Wildman–Crippen LogP) is 3.97. The molecule has 2 aromatic rings. The summed E-state index contributed by atoms with van der Waals surface area (Å²) in [7, 11) is 3.82. The van der Waals surface area contributed by atoms with Crippen molar-refractivity contribution in [1.82, 2.24) is 4.90 Å². The summed E-state index contributed by atoms with van der Waals surface area (Å²) in [6.07, 6.45) is 0.0392. The molecule has 0 fully saturated rings. The molecule has 4 heteroatoms. The summed E-state index contributed by atoms with van der Waals surface area (Å²) in [4.78, 5) is 2.24. The van der Waals surface area contributed by atoms with E-state index < -0.39 is 0 Å². The number of rotatable bonds is 8. The molecular weight excluding hydrogens is 342 g/mol. The quantitative estimate of drug-likeness (QED) is 0.707. The summed E-state index contributed by atoms with van der Waals surface area (Å²) in [5.41, 5.74) is 1.30. The van der Waals surface area contributed by atoms with Crippen molar-refractivity contribution in [3.05, 3.63) is 64.6 Å². The van der Waals surface area contributed by atoms with Crippen molar-refractivity contribution in [2.45, 2.75) is 12.6 Å². The fourth-order valence-corrected chi connectivity index (χ4v) is 2.49. The monoisotopic (exact) mass is 363 g/mol. The molecule has 118 valence electrons. The van der Waals surface area contributed by atoms with E-state index in [0.717, 1.165) is 23.3 Å². The summed E-state index contributed by atoms with van der Waals surface area (Å²) in [5.74, 6) is 0.857. The topological polar surface area (TPSA) is 21.7 Å². The molecule has 3 nitrogen and oxygen atoms in total. The lowest BCUT2D eigenvalue weighted by Gasteiger charge is -2.23. The van der Waals surface area contributed by atoms with E-state index in [1.165, 1.54) is 5.56 Å². The van der Waals surface area contributed by atoms with Crippen LogP contribution in [0.15, 0.2) is 59.1 Å². The molecule has 2 aromatic carbocycles. The van der Waals surface area contributed by atoms with Gasteiger partial charge in [-0.15, -0.1) is 0 Å². The van der Waals surface area contributed by atoms with Crippen molar-refractivity contribution in [2.24, 2.45) is 0 Å². The first-order valence-corrected chi connectivity index (χ1v) is 8.10. The largest absolute Gasteiger partial charge is 0.491 e. The highest BCUT2D eigenvalue weighted by molar-refractivity contribution is 9.10. The lowest BCUT2D eigenvalue weighted by molar-refractivity contribution is 0.0335. The molecule has 0 spiro atoms. The zero-order chi connectivity index (χ0) is 15.8. The van der Waals surface area contributed by atoms with Gasteiger partial charge in [-0.05, 0) is 36.9 Å². The molecule has 0 bridgehead atoms. The molecule has 0 aliphatic carbocycles. The predicted molar refractivity (Wildman–Crippen MR) is 93.2 cm³/mol. The molecule has 0 saturated carbocycles. The van der Waals surface area contributed by atoms with Gasteiger partial charge in [-0.2, -0.15) is 0 Å². The first-order valence-electron chi connectivity index (χ1n) is 7.31. The fraction of sp³-hybridized carbons (Fsp3) is 0.333. The van der Waals surface area contributed by atoms with Crippen molar-refractivity contribution >= 4 is 15.9 Å². The van der Waals surface area contributed by atoms with Crippen LogP contribution in [0.2, 0.25) is 0 Å². The number of hydrogen-bond donors (Lipinski definition) is 0. The number of nitrogens with zero attached hydrogens (tertiary/aromatic N) is 1. The maximum absolute atomic E-state index is 5.79. The van der Waals surface area contributed by atoms with Gasteiger partial charge in [-0.3, -0.25) is 4.90 Å². The Hall–Kier alpha value is -1.36. The average molecular weight is 364 g/mol. The van der Waals surface area contributed by atoms with Gasteiger partial charge in [0.25, 0.3) is 0 Å². The van der Waals surface area contributed by atoms with Crippen LogP contribution >= 0.6 is 15.9 Å². The maximum Gasteiger partial charge on any atom is 0.119 e. The zero-order valence-electron chi connectivity index (χ0n) is 13.0. The van der Waals surface area contributed by atoms with Crippen LogP contribution in [0, 0.1) is 0 Å². The third-order valence-corrected chi connectivity index (χ3v) is 3.92. The Morgan fingerprint density at radius 2 is 1.73 bits per heavy atom. The minimum absolute atomic E-state index is 0.0392. The number of methoxy groups -OCH3 is 1. The number of likely N-dealkylation sites (N-methyl/N-ethyl adjacent to an activating group) is 1. The molecule has 0 saturated heterocycles. The van der Waals surface area contributed by atoms with Gasteiger partial charge in [0.1, 0.15) is 18.5 Å². The Morgan fingerprint density at radius 3 is 2.36 bits per heavy atom. The van der Waals surface area contributed by atoms with Crippen LogP contribution in [0.4, 0.5) is 0 Å². The maximum atomic E-state index is 5.79. The summed E-state index contributed by atoms with van der Waals surface area (Å²) in [6.45, 7) is 2.26. The average Bonchev–Trinajstić information content (AvgIpc) is 2.54. The molecule has 1 atom stereocenters. The van der Waals surface area contributed by atoms with Crippen molar-refractivity contribution in [3.8, 4) is 5.75 Å². The van der Waals surface area contributed by atoms with E-state index in [9.17, 15) is 0 Å². The zero-order valence-corrected chi connectivity index (χ0v) is 14.6. The fourth-order valence-electron chi connectivity index (χ4n) is 2.22. The Labute approximate surface area is 141 Å². The second kappa shape index (κ2) is 8.93. The molecule has 0 heterocycles. The van der Waals surface area contributed by atoms with Crippen molar-refractivity contribution < 1.29 is 9.47 Å². The Kier molecular flexibility index (Phi) is 6.90. The minimum atomic E-state index is 0.0392. The van der Waals surface area contributed by atoms with E-state index in [1.807, 2.05) is 30.3 Å². The summed E-state index contributed by atoms with van der Waals surface area (Å²) in [5, 5.41) is 0. The molecule has 2 rings (SSSR count). The molecule has 1 unspecified atom stereocenters. The van der Waals surface area contributed by atoms with Crippen molar-refractivity contribution in [1.29, 1.82) is 0 Å². The molecule has 22 heavy (non-hydrogen) atoms. The summed E-state index contributed by atoms with van der Waals surface area (Å²) in [6, 6.07) is 18.3. The highest BCUT2D eigenvalue weighted by Gasteiger charge is 2.12.